The van der Waals surface area contributed by atoms with Crippen LogP contribution in [-0.4, -0.2) is 11.9 Å². The standard InChI is InChI=1S/C13H14ClN3O/c14-10-6-8(7-15)4-5-12(10)17-13(18)9-2-1-3-11(9)16/h4-6,9,11H,1-3,16H2,(H,17,18). The van der Waals surface area contributed by atoms with Crippen molar-refractivity contribution in [3.63, 3.8) is 0 Å². The van der Waals surface area contributed by atoms with E-state index in [0.29, 0.717) is 16.3 Å². The first-order valence-electron chi connectivity index (χ1n) is 5.88. The van der Waals surface area contributed by atoms with E-state index in [1.807, 2.05) is 6.07 Å². The highest BCUT2D eigenvalue weighted by atomic mass is 35.5. The number of nitrogens with two attached hydrogens (primary N) is 1. The van der Waals surface area contributed by atoms with Gasteiger partial charge in [-0.1, -0.05) is 18.0 Å². The van der Waals surface area contributed by atoms with Gasteiger partial charge in [-0.2, -0.15) is 5.26 Å². The molecule has 94 valence electrons. The van der Waals surface area contributed by atoms with Crippen LogP contribution in [0.25, 0.3) is 0 Å². The minimum absolute atomic E-state index is 0.0674. The van der Waals surface area contributed by atoms with Crippen LogP contribution >= 0.6 is 11.6 Å². The number of benzene rings is 1. The van der Waals surface area contributed by atoms with E-state index in [0.717, 1.165) is 19.3 Å². The highest BCUT2D eigenvalue weighted by molar-refractivity contribution is 6.33. The van der Waals surface area contributed by atoms with Crippen molar-refractivity contribution < 1.29 is 4.79 Å². The van der Waals surface area contributed by atoms with Crippen molar-refractivity contribution in [2.24, 2.45) is 11.7 Å². The monoisotopic (exact) mass is 263 g/mol. The first kappa shape index (κ1) is 12.9. The summed E-state index contributed by atoms with van der Waals surface area (Å²) in [5.74, 6) is -0.233. The van der Waals surface area contributed by atoms with Gasteiger partial charge in [-0.25, -0.2) is 0 Å². The lowest BCUT2D eigenvalue weighted by atomic mass is 10.0. The Bertz CT molecular complexity index is 509. The Labute approximate surface area is 111 Å². The van der Waals surface area contributed by atoms with Gasteiger partial charge in [-0.15, -0.1) is 0 Å². The molecule has 4 nitrogen and oxygen atoms in total. The maximum atomic E-state index is 12.0. The van der Waals surface area contributed by atoms with Crippen molar-refractivity contribution in [2.75, 3.05) is 5.32 Å². The SMILES string of the molecule is N#Cc1ccc(NC(=O)C2CCCC2N)c(Cl)c1. The van der Waals surface area contributed by atoms with E-state index in [4.69, 9.17) is 22.6 Å². The molecule has 0 radical (unpaired) electrons. The van der Waals surface area contributed by atoms with Crippen molar-refractivity contribution in [2.45, 2.75) is 25.3 Å². The van der Waals surface area contributed by atoms with E-state index in [-0.39, 0.29) is 17.9 Å². The molecule has 1 aromatic rings. The lowest BCUT2D eigenvalue weighted by molar-refractivity contribution is -0.120. The molecule has 2 unspecified atom stereocenters. The number of anilines is 1. The Morgan fingerprint density at radius 3 is 2.83 bits per heavy atom. The summed E-state index contributed by atoms with van der Waals surface area (Å²) in [7, 11) is 0. The largest absolute Gasteiger partial charge is 0.327 e. The molecule has 2 rings (SSSR count). The molecular weight excluding hydrogens is 250 g/mol. The Morgan fingerprint density at radius 1 is 1.50 bits per heavy atom. The second kappa shape index (κ2) is 5.38. The number of carbonyl (C=O) groups is 1. The van der Waals surface area contributed by atoms with Crippen LogP contribution in [-0.2, 0) is 4.79 Å². The number of nitriles is 1. The minimum Gasteiger partial charge on any atom is -0.327 e. The zero-order valence-corrected chi connectivity index (χ0v) is 10.6. The topological polar surface area (TPSA) is 78.9 Å². The van der Waals surface area contributed by atoms with Gasteiger partial charge in [0.15, 0.2) is 0 Å². The van der Waals surface area contributed by atoms with Crippen molar-refractivity contribution >= 4 is 23.2 Å². The molecule has 1 aliphatic carbocycles. The summed E-state index contributed by atoms with van der Waals surface area (Å²) in [6.45, 7) is 0. The molecule has 0 spiro atoms. The number of halogens is 1. The number of amides is 1. The molecule has 0 aliphatic heterocycles. The third-order valence-corrected chi connectivity index (χ3v) is 3.57. The predicted octanol–water partition coefficient (Wildman–Crippen LogP) is 2.28. The van der Waals surface area contributed by atoms with Gasteiger partial charge in [0.05, 0.1) is 28.3 Å². The van der Waals surface area contributed by atoms with Crippen LogP contribution in [0, 0.1) is 17.2 Å². The van der Waals surface area contributed by atoms with Gasteiger partial charge < -0.3 is 11.1 Å². The number of hydrogen-bond acceptors (Lipinski definition) is 3. The molecule has 2 atom stereocenters. The summed E-state index contributed by atoms with van der Waals surface area (Å²) in [4.78, 5) is 12.0. The van der Waals surface area contributed by atoms with Crippen LogP contribution < -0.4 is 11.1 Å². The second-order valence-corrected chi connectivity index (χ2v) is 4.90. The van der Waals surface area contributed by atoms with Crippen LogP contribution in [0.1, 0.15) is 24.8 Å². The smallest absolute Gasteiger partial charge is 0.229 e. The Kier molecular flexibility index (Phi) is 3.85. The first-order valence-corrected chi connectivity index (χ1v) is 6.25. The van der Waals surface area contributed by atoms with Gasteiger partial charge in [0, 0.05) is 6.04 Å². The quantitative estimate of drug-likeness (QED) is 0.859. The summed E-state index contributed by atoms with van der Waals surface area (Å²) in [5, 5.41) is 11.9. The molecule has 5 heteroatoms. The Hall–Kier alpha value is -1.57. The third-order valence-electron chi connectivity index (χ3n) is 3.26. The Morgan fingerprint density at radius 2 is 2.28 bits per heavy atom. The summed E-state index contributed by atoms with van der Waals surface area (Å²) in [6, 6.07) is 6.72. The van der Waals surface area contributed by atoms with E-state index in [2.05, 4.69) is 5.32 Å². The van der Waals surface area contributed by atoms with E-state index >= 15 is 0 Å². The molecule has 18 heavy (non-hydrogen) atoms. The van der Waals surface area contributed by atoms with Gasteiger partial charge in [0.2, 0.25) is 5.91 Å². The van der Waals surface area contributed by atoms with E-state index < -0.39 is 0 Å². The lowest BCUT2D eigenvalue weighted by Gasteiger charge is -2.15. The van der Waals surface area contributed by atoms with Crippen LogP contribution in [0.15, 0.2) is 18.2 Å². The van der Waals surface area contributed by atoms with Crippen molar-refractivity contribution in [1.82, 2.24) is 0 Å². The third kappa shape index (κ3) is 2.63. The van der Waals surface area contributed by atoms with Gasteiger partial charge in [-0.05, 0) is 31.0 Å². The summed E-state index contributed by atoms with van der Waals surface area (Å²) in [6.07, 6.45) is 2.69. The fourth-order valence-electron chi connectivity index (χ4n) is 2.23. The molecule has 1 aliphatic rings. The summed E-state index contributed by atoms with van der Waals surface area (Å²) < 4.78 is 0. The number of hydrogen-bond donors (Lipinski definition) is 2. The molecule has 1 amide bonds. The number of nitrogens with one attached hydrogen (secondary N) is 1. The van der Waals surface area contributed by atoms with Crippen LogP contribution in [0.4, 0.5) is 5.69 Å². The maximum absolute atomic E-state index is 12.0. The van der Waals surface area contributed by atoms with Gasteiger partial charge in [0.1, 0.15) is 0 Å². The second-order valence-electron chi connectivity index (χ2n) is 4.50. The van der Waals surface area contributed by atoms with Crippen molar-refractivity contribution in [3.05, 3.63) is 28.8 Å². The Balaban J connectivity index is 2.10. The van der Waals surface area contributed by atoms with E-state index in [9.17, 15) is 4.79 Å². The molecule has 3 N–H and O–H groups in total. The highest BCUT2D eigenvalue weighted by Gasteiger charge is 2.30. The van der Waals surface area contributed by atoms with Crippen LogP contribution in [0.2, 0.25) is 5.02 Å². The average molecular weight is 264 g/mol. The van der Waals surface area contributed by atoms with Gasteiger partial charge >= 0.3 is 0 Å². The van der Waals surface area contributed by atoms with Crippen molar-refractivity contribution in [1.29, 1.82) is 5.26 Å². The van der Waals surface area contributed by atoms with Gasteiger partial charge in [-0.3, -0.25) is 4.79 Å². The maximum Gasteiger partial charge on any atom is 0.229 e. The van der Waals surface area contributed by atoms with Crippen molar-refractivity contribution in [3.8, 4) is 6.07 Å². The average Bonchev–Trinajstić information content (AvgIpc) is 2.78. The molecule has 0 bridgehead atoms. The molecule has 0 saturated heterocycles. The van der Waals surface area contributed by atoms with Crippen LogP contribution in [0.5, 0.6) is 0 Å². The minimum atomic E-state index is -0.142. The zero-order chi connectivity index (χ0) is 13.1. The van der Waals surface area contributed by atoms with E-state index in [1.54, 1.807) is 12.1 Å². The molecule has 0 aromatic heterocycles. The van der Waals surface area contributed by atoms with Crippen LogP contribution in [0.3, 0.4) is 0 Å². The zero-order valence-electron chi connectivity index (χ0n) is 9.82. The molecule has 1 aromatic carbocycles. The molecule has 0 heterocycles. The normalized spacial score (nSPS) is 22.5. The number of carbonyl (C=O) groups excluding carboxylic acids is 1. The fraction of sp³-hybridized carbons (Fsp3) is 0.385. The molecule has 1 saturated carbocycles. The lowest BCUT2D eigenvalue weighted by Crippen LogP contribution is -2.34. The fourth-order valence-corrected chi connectivity index (χ4v) is 2.45. The predicted molar refractivity (Wildman–Crippen MR) is 70.1 cm³/mol. The first-order chi connectivity index (χ1) is 8.61. The number of rotatable bonds is 2. The molecule has 1 fully saturated rings. The molecular formula is C13H14ClN3O. The van der Waals surface area contributed by atoms with E-state index in [1.165, 1.54) is 6.07 Å². The summed E-state index contributed by atoms with van der Waals surface area (Å²) in [5.41, 5.74) is 6.88. The highest BCUT2D eigenvalue weighted by Crippen LogP contribution is 2.28. The number of nitrogens with zero attached hydrogens (tertiary/aromatic N) is 1. The summed E-state index contributed by atoms with van der Waals surface area (Å²) >= 11 is 6.00. The van der Waals surface area contributed by atoms with Gasteiger partial charge in [0.25, 0.3) is 0 Å².